The Kier molecular flexibility index (Phi) is 5.42. The lowest BCUT2D eigenvalue weighted by Crippen LogP contribution is -2.13. The maximum Gasteiger partial charge on any atom is 0.329 e. The first-order valence-electron chi connectivity index (χ1n) is 10.9. The maximum absolute atomic E-state index is 13.3. The molecule has 0 radical (unpaired) electrons. The van der Waals surface area contributed by atoms with Gasteiger partial charge in [0.05, 0.1) is 5.52 Å². The van der Waals surface area contributed by atoms with Gasteiger partial charge in [-0.3, -0.25) is 14.4 Å². The molecule has 5 rings (SSSR count). The van der Waals surface area contributed by atoms with E-state index in [-0.39, 0.29) is 16.9 Å². The van der Waals surface area contributed by atoms with Crippen molar-refractivity contribution >= 4 is 60.7 Å². The van der Waals surface area contributed by atoms with Crippen molar-refractivity contribution in [2.24, 2.45) is 0 Å². The minimum absolute atomic E-state index is 0.0290. The second kappa shape index (κ2) is 8.43. The average Bonchev–Trinajstić information content (AvgIpc) is 3.16. The zero-order valence-electron chi connectivity index (χ0n) is 19.0. The molecule has 0 atom stereocenters. The van der Waals surface area contributed by atoms with Crippen molar-refractivity contribution < 1.29 is 14.4 Å². The topological polar surface area (TPSA) is 77.4 Å². The average molecular weight is 471 g/mol. The Labute approximate surface area is 199 Å². The quantitative estimate of drug-likeness (QED) is 0.259. The molecule has 0 aliphatic rings. The second-order valence-corrected chi connectivity index (χ2v) is 9.01. The van der Waals surface area contributed by atoms with Crippen molar-refractivity contribution in [1.29, 1.82) is 0 Å². The van der Waals surface area contributed by atoms with Crippen LogP contribution in [0, 0.1) is 6.92 Å². The lowest BCUT2D eigenvalue weighted by molar-refractivity contribution is -0.138. The fraction of sp³-hybridized carbons (Fsp3) is 0.148. The molecular weight excluding hydrogens is 448 g/mol. The van der Waals surface area contributed by atoms with Gasteiger partial charge in [0.1, 0.15) is 5.69 Å². The molecule has 2 aromatic heterocycles. The number of benzene rings is 3. The Balaban J connectivity index is 1.77. The Morgan fingerprint density at radius 2 is 1.79 bits per heavy atom. The molecule has 0 amide bonds. The number of aryl methyl sites for hydroxylation is 2. The van der Waals surface area contributed by atoms with E-state index in [1.165, 1.54) is 18.3 Å². The number of anilines is 1. The smallest absolute Gasteiger partial charge is 0.329 e. The van der Waals surface area contributed by atoms with Gasteiger partial charge in [0.2, 0.25) is 5.43 Å². The van der Waals surface area contributed by atoms with E-state index in [0.717, 1.165) is 38.6 Å². The van der Waals surface area contributed by atoms with Crippen molar-refractivity contribution in [2.45, 2.75) is 27.3 Å². The van der Waals surface area contributed by atoms with Gasteiger partial charge >= 0.3 is 5.97 Å². The third-order valence-corrected chi connectivity index (χ3v) is 7.05. The number of fused-ring (bicyclic) bond motifs is 5. The van der Waals surface area contributed by atoms with Gasteiger partial charge in [-0.05, 0) is 49.7 Å². The molecule has 34 heavy (non-hydrogen) atoms. The molecular formula is C27H22N2O4S. The van der Waals surface area contributed by atoms with Crippen LogP contribution >= 0.6 is 11.3 Å². The first-order valence-corrected chi connectivity index (χ1v) is 11.8. The largest absolute Gasteiger partial charge is 0.344 e. The molecule has 1 N–H and O–H groups in total. The van der Waals surface area contributed by atoms with Gasteiger partial charge in [-0.2, -0.15) is 0 Å². The number of nitrogens with zero attached hydrogens (tertiary/aromatic N) is 1. The van der Waals surface area contributed by atoms with Gasteiger partial charge in [-0.25, -0.2) is 5.48 Å². The highest BCUT2D eigenvalue weighted by molar-refractivity contribution is 7.18. The number of hydrogen-bond acceptors (Lipinski definition) is 6. The van der Waals surface area contributed by atoms with E-state index in [4.69, 9.17) is 4.84 Å². The summed E-state index contributed by atoms with van der Waals surface area (Å²) in [7, 11) is 0. The molecule has 3 aromatic carbocycles. The van der Waals surface area contributed by atoms with Crippen LogP contribution in [-0.2, 0) is 16.2 Å². The van der Waals surface area contributed by atoms with Gasteiger partial charge in [0.15, 0.2) is 5.78 Å². The van der Waals surface area contributed by atoms with Crippen LogP contribution in [-0.4, -0.2) is 16.3 Å². The summed E-state index contributed by atoms with van der Waals surface area (Å²) in [4.78, 5) is 42.3. The van der Waals surface area contributed by atoms with Crippen LogP contribution in [0.15, 0.2) is 64.8 Å². The van der Waals surface area contributed by atoms with Crippen molar-refractivity contribution in [3.05, 3.63) is 86.9 Å². The lowest BCUT2D eigenvalue weighted by atomic mass is 9.98. The normalized spacial score (nSPS) is 11.3. The van der Waals surface area contributed by atoms with E-state index in [0.29, 0.717) is 16.5 Å². The Bertz CT molecular complexity index is 1680. The summed E-state index contributed by atoms with van der Waals surface area (Å²) >= 11 is 1.40. The van der Waals surface area contributed by atoms with E-state index in [1.54, 1.807) is 11.4 Å². The monoisotopic (exact) mass is 470 g/mol. The maximum atomic E-state index is 13.3. The zero-order chi connectivity index (χ0) is 24.0. The standard InChI is InChI=1S/C27H22N2O4S/c1-4-29-22-11-9-17(25(31)18-8-6-5-7-15(18)2)13-20(22)24-23(29)12-10-19-26(32)21(14-34-27(19)24)28-33-16(3)30/h5-14,28H,4H2,1-3H3. The van der Waals surface area contributed by atoms with Crippen molar-refractivity contribution in [3.8, 4) is 0 Å². The highest BCUT2D eigenvalue weighted by Crippen LogP contribution is 2.37. The van der Waals surface area contributed by atoms with Crippen LogP contribution < -0.4 is 10.9 Å². The molecule has 170 valence electrons. The molecule has 0 aliphatic heterocycles. The fourth-order valence-electron chi connectivity index (χ4n) is 4.44. The second-order valence-electron chi connectivity index (χ2n) is 8.13. The summed E-state index contributed by atoms with van der Waals surface area (Å²) in [5, 5.41) is 4.05. The van der Waals surface area contributed by atoms with Crippen LogP contribution in [0.4, 0.5) is 5.69 Å². The van der Waals surface area contributed by atoms with Crippen LogP contribution in [0.1, 0.15) is 35.3 Å². The van der Waals surface area contributed by atoms with Gasteiger partial charge in [-0.1, -0.05) is 24.3 Å². The highest BCUT2D eigenvalue weighted by atomic mass is 32.1. The minimum atomic E-state index is -0.531. The molecule has 0 fully saturated rings. The van der Waals surface area contributed by atoms with Gasteiger partial charge in [-0.15, -0.1) is 11.3 Å². The molecule has 2 heterocycles. The van der Waals surface area contributed by atoms with E-state index in [9.17, 15) is 14.4 Å². The van der Waals surface area contributed by atoms with Crippen LogP contribution in [0.5, 0.6) is 0 Å². The number of ketones is 1. The molecule has 0 saturated carbocycles. The van der Waals surface area contributed by atoms with Crippen molar-refractivity contribution in [2.75, 3.05) is 5.48 Å². The van der Waals surface area contributed by atoms with Crippen molar-refractivity contribution in [3.63, 3.8) is 0 Å². The SMILES string of the molecule is CCn1c2ccc(C(=O)c3ccccc3C)cc2c2c3scc(NOC(C)=O)c(=O)c3ccc21. The van der Waals surface area contributed by atoms with E-state index < -0.39 is 5.97 Å². The van der Waals surface area contributed by atoms with Crippen LogP contribution in [0.3, 0.4) is 0 Å². The summed E-state index contributed by atoms with van der Waals surface area (Å²) in [5.74, 6) is -0.560. The predicted molar refractivity (Wildman–Crippen MR) is 137 cm³/mol. The summed E-state index contributed by atoms with van der Waals surface area (Å²) < 4.78 is 3.02. The summed E-state index contributed by atoms with van der Waals surface area (Å²) in [6, 6.07) is 17.1. The molecule has 6 nitrogen and oxygen atoms in total. The van der Waals surface area contributed by atoms with E-state index >= 15 is 0 Å². The van der Waals surface area contributed by atoms with E-state index in [2.05, 4.69) is 17.0 Å². The predicted octanol–water partition coefficient (Wildman–Crippen LogP) is 5.82. The Morgan fingerprint density at radius 1 is 1.03 bits per heavy atom. The summed E-state index contributed by atoms with van der Waals surface area (Å²) in [5.41, 5.74) is 6.64. The number of hydrogen-bond donors (Lipinski definition) is 1. The minimum Gasteiger partial charge on any atom is -0.344 e. The van der Waals surface area contributed by atoms with Gasteiger partial charge < -0.3 is 9.40 Å². The number of aromatic nitrogens is 1. The first-order chi connectivity index (χ1) is 16.4. The van der Waals surface area contributed by atoms with Gasteiger partial charge in [0.25, 0.3) is 0 Å². The number of rotatable bonds is 5. The number of nitrogens with one attached hydrogen (secondary N) is 1. The number of carbonyl (C=O) groups is 2. The summed E-state index contributed by atoms with van der Waals surface area (Å²) in [6.45, 7) is 6.02. The molecule has 0 bridgehead atoms. The number of carbonyl (C=O) groups excluding carboxylic acids is 2. The molecule has 5 aromatic rings. The van der Waals surface area contributed by atoms with Crippen molar-refractivity contribution in [1.82, 2.24) is 4.57 Å². The Morgan fingerprint density at radius 3 is 2.53 bits per heavy atom. The highest BCUT2D eigenvalue weighted by Gasteiger charge is 2.18. The van der Waals surface area contributed by atoms with E-state index in [1.807, 2.05) is 55.5 Å². The summed E-state index contributed by atoms with van der Waals surface area (Å²) in [6.07, 6.45) is 0. The molecule has 7 heteroatoms. The molecule has 0 aliphatic carbocycles. The van der Waals surface area contributed by atoms with Crippen LogP contribution in [0.25, 0.3) is 31.9 Å². The third kappa shape index (κ3) is 3.45. The first kappa shape index (κ1) is 21.9. The molecule has 0 saturated heterocycles. The van der Waals surface area contributed by atoms with Gasteiger partial charge in [0, 0.05) is 56.4 Å². The fourth-order valence-corrected chi connectivity index (χ4v) is 5.45. The van der Waals surface area contributed by atoms with Crippen LogP contribution in [0.2, 0.25) is 0 Å². The molecule has 0 unspecified atom stereocenters. The lowest BCUT2D eigenvalue weighted by Gasteiger charge is -2.06. The zero-order valence-corrected chi connectivity index (χ0v) is 19.8. The molecule has 0 spiro atoms. The Hall–Kier alpha value is -3.97. The third-order valence-electron chi connectivity index (χ3n) is 6.04.